The Kier molecular flexibility index (Phi) is 5.32. The Morgan fingerprint density at radius 1 is 1.43 bits per heavy atom. The van der Waals surface area contributed by atoms with E-state index in [2.05, 4.69) is 20.7 Å². The van der Waals surface area contributed by atoms with Crippen molar-refractivity contribution in [1.29, 1.82) is 0 Å². The second-order valence-electron chi connectivity index (χ2n) is 4.99. The molecule has 0 bridgehead atoms. The predicted molar refractivity (Wildman–Crippen MR) is 80.4 cm³/mol. The lowest BCUT2D eigenvalue weighted by atomic mass is 10.1. The lowest BCUT2D eigenvalue weighted by Crippen LogP contribution is -2.18. The van der Waals surface area contributed by atoms with Crippen LogP contribution in [0.5, 0.6) is 0 Å². The SMILES string of the molecule is CCOCc1nc(NN)cc(NCC2CCS(=O)(=O)C2)n1. The second kappa shape index (κ2) is 7.01. The summed E-state index contributed by atoms with van der Waals surface area (Å²) in [6.07, 6.45) is 0.689. The predicted octanol–water partition coefficient (Wildman–Crippen LogP) is 0.145. The summed E-state index contributed by atoms with van der Waals surface area (Å²) in [5.74, 6) is 7.63. The van der Waals surface area contributed by atoms with Crippen LogP contribution in [0.15, 0.2) is 6.07 Å². The third-order valence-corrected chi connectivity index (χ3v) is 5.09. The van der Waals surface area contributed by atoms with Gasteiger partial charge in [0.05, 0.1) is 11.5 Å². The molecular weight excluding hydrogens is 294 g/mol. The number of rotatable bonds is 7. The largest absolute Gasteiger partial charge is 0.374 e. The normalized spacial score (nSPS) is 20.4. The number of nitrogen functional groups attached to an aromatic ring is 1. The number of ether oxygens (including phenoxy) is 1. The van der Waals surface area contributed by atoms with Gasteiger partial charge in [-0.25, -0.2) is 24.2 Å². The number of hydrazine groups is 1. The summed E-state index contributed by atoms with van der Waals surface area (Å²) >= 11 is 0. The van der Waals surface area contributed by atoms with Gasteiger partial charge in [0.1, 0.15) is 18.2 Å². The fourth-order valence-corrected chi connectivity index (χ4v) is 4.06. The van der Waals surface area contributed by atoms with E-state index in [4.69, 9.17) is 10.6 Å². The van der Waals surface area contributed by atoms with E-state index in [0.717, 1.165) is 0 Å². The average Bonchev–Trinajstić information content (AvgIpc) is 2.82. The van der Waals surface area contributed by atoms with Crippen LogP contribution in [0, 0.1) is 5.92 Å². The number of hydrogen-bond donors (Lipinski definition) is 3. The molecule has 0 saturated carbocycles. The quantitative estimate of drug-likeness (QED) is 0.480. The first-order chi connectivity index (χ1) is 10.0. The molecular formula is C12H21N5O3S. The van der Waals surface area contributed by atoms with Crippen molar-refractivity contribution in [1.82, 2.24) is 9.97 Å². The highest BCUT2D eigenvalue weighted by atomic mass is 32.2. The first-order valence-corrected chi connectivity index (χ1v) is 8.71. The molecule has 2 heterocycles. The van der Waals surface area contributed by atoms with Gasteiger partial charge in [-0.3, -0.25) is 0 Å². The molecule has 0 aromatic carbocycles. The number of sulfone groups is 1. The van der Waals surface area contributed by atoms with Crippen molar-refractivity contribution in [3.05, 3.63) is 11.9 Å². The molecule has 1 aromatic heterocycles. The van der Waals surface area contributed by atoms with E-state index >= 15 is 0 Å². The highest BCUT2D eigenvalue weighted by Crippen LogP contribution is 2.19. The van der Waals surface area contributed by atoms with Crippen LogP contribution in [0.1, 0.15) is 19.2 Å². The van der Waals surface area contributed by atoms with Gasteiger partial charge in [-0.05, 0) is 19.3 Å². The van der Waals surface area contributed by atoms with Gasteiger partial charge in [0.15, 0.2) is 15.7 Å². The standard InChI is InChI=1S/C12H21N5O3S/c1-2-20-7-12-15-10(5-11(16-12)17-13)14-6-9-3-4-21(18,19)8-9/h5,9H,2-4,6-8,13H2,1H3,(H2,14,15,16,17). The Labute approximate surface area is 124 Å². The average molecular weight is 315 g/mol. The zero-order chi connectivity index (χ0) is 15.3. The molecule has 2 rings (SSSR count). The maximum atomic E-state index is 11.4. The molecule has 8 nitrogen and oxygen atoms in total. The first kappa shape index (κ1) is 15.9. The number of nitrogens with one attached hydrogen (secondary N) is 2. The van der Waals surface area contributed by atoms with E-state index in [1.165, 1.54) is 0 Å². The lowest BCUT2D eigenvalue weighted by Gasteiger charge is -2.12. The van der Waals surface area contributed by atoms with Crippen molar-refractivity contribution < 1.29 is 13.2 Å². The van der Waals surface area contributed by atoms with Crippen LogP contribution in [-0.2, 0) is 21.2 Å². The van der Waals surface area contributed by atoms with Crippen LogP contribution < -0.4 is 16.6 Å². The van der Waals surface area contributed by atoms with Crippen LogP contribution in [0.4, 0.5) is 11.6 Å². The summed E-state index contributed by atoms with van der Waals surface area (Å²) in [6.45, 7) is 3.34. The minimum Gasteiger partial charge on any atom is -0.374 e. The molecule has 1 atom stereocenters. The molecule has 4 N–H and O–H groups in total. The molecule has 0 radical (unpaired) electrons. The molecule has 1 unspecified atom stereocenters. The molecule has 1 fully saturated rings. The van der Waals surface area contributed by atoms with E-state index in [1.54, 1.807) is 6.07 Å². The molecule has 0 spiro atoms. The monoisotopic (exact) mass is 315 g/mol. The number of aromatic nitrogens is 2. The van der Waals surface area contributed by atoms with E-state index in [9.17, 15) is 8.42 Å². The topological polar surface area (TPSA) is 119 Å². The maximum absolute atomic E-state index is 11.4. The highest BCUT2D eigenvalue weighted by molar-refractivity contribution is 7.91. The fourth-order valence-electron chi connectivity index (χ4n) is 2.20. The van der Waals surface area contributed by atoms with E-state index in [0.29, 0.717) is 43.6 Å². The number of nitrogens with two attached hydrogens (primary N) is 1. The van der Waals surface area contributed by atoms with Crippen LogP contribution in [0.2, 0.25) is 0 Å². The van der Waals surface area contributed by atoms with Crippen LogP contribution in [-0.4, -0.2) is 43.0 Å². The zero-order valence-corrected chi connectivity index (χ0v) is 12.8. The summed E-state index contributed by atoms with van der Waals surface area (Å²) in [7, 11) is -2.86. The van der Waals surface area contributed by atoms with Crippen LogP contribution in [0.25, 0.3) is 0 Å². The Morgan fingerprint density at radius 2 is 2.19 bits per heavy atom. The Hall–Kier alpha value is -1.45. The lowest BCUT2D eigenvalue weighted by molar-refractivity contribution is 0.128. The molecule has 1 aromatic rings. The van der Waals surface area contributed by atoms with Crippen molar-refractivity contribution in [3.8, 4) is 0 Å². The number of nitrogens with zero attached hydrogens (tertiary/aromatic N) is 2. The summed E-state index contributed by atoms with van der Waals surface area (Å²) in [5, 5.41) is 3.15. The first-order valence-electron chi connectivity index (χ1n) is 6.89. The fraction of sp³-hybridized carbons (Fsp3) is 0.667. The third kappa shape index (κ3) is 4.80. The van der Waals surface area contributed by atoms with Gasteiger partial charge in [0, 0.05) is 19.2 Å². The maximum Gasteiger partial charge on any atom is 0.158 e. The van der Waals surface area contributed by atoms with Crippen LogP contribution in [0.3, 0.4) is 0 Å². The smallest absolute Gasteiger partial charge is 0.158 e. The minimum atomic E-state index is -2.86. The van der Waals surface area contributed by atoms with E-state index < -0.39 is 9.84 Å². The van der Waals surface area contributed by atoms with Crippen molar-refractivity contribution in [2.75, 3.05) is 35.4 Å². The molecule has 1 aliphatic heterocycles. The summed E-state index contributed by atoms with van der Waals surface area (Å²) in [6, 6.07) is 1.68. The third-order valence-electron chi connectivity index (χ3n) is 3.25. The van der Waals surface area contributed by atoms with Gasteiger partial charge in [0.2, 0.25) is 0 Å². The van der Waals surface area contributed by atoms with Crippen molar-refractivity contribution in [3.63, 3.8) is 0 Å². The molecule has 1 saturated heterocycles. The Balaban J connectivity index is 1.98. The number of hydrogen-bond acceptors (Lipinski definition) is 8. The molecule has 1 aliphatic rings. The highest BCUT2D eigenvalue weighted by Gasteiger charge is 2.27. The molecule has 0 aliphatic carbocycles. The molecule has 21 heavy (non-hydrogen) atoms. The van der Waals surface area contributed by atoms with Gasteiger partial charge < -0.3 is 15.5 Å². The van der Waals surface area contributed by atoms with Gasteiger partial charge in [-0.2, -0.15) is 0 Å². The van der Waals surface area contributed by atoms with Gasteiger partial charge in [0.25, 0.3) is 0 Å². The Bertz CT molecular complexity index is 578. The van der Waals surface area contributed by atoms with Crippen molar-refractivity contribution in [2.24, 2.45) is 11.8 Å². The summed E-state index contributed by atoms with van der Waals surface area (Å²) in [5.41, 5.74) is 2.48. The van der Waals surface area contributed by atoms with Crippen LogP contribution >= 0.6 is 0 Å². The van der Waals surface area contributed by atoms with Crippen molar-refractivity contribution >= 4 is 21.5 Å². The molecule has 9 heteroatoms. The van der Waals surface area contributed by atoms with Gasteiger partial charge in [-0.15, -0.1) is 0 Å². The van der Waals surface area contributed by atoms with Crippen molar-refractivity contribution in [2.45, 2.75) is 20.0 Å². The second-order valence-corrected chi connectivity index (χ2v) is 7.21. The molecule has 118 valence electrons. The number of anilines is 2. The van der Waals surface area contributed by atoms with Gasteiger partial charge in [-0.1, -0.05) is 0 Å². The Morgan fingerprint density at radius 3 is 2.81 bits per heavy atom. The van der Waals surface area contributed by atoms with Gasteiger partial charge >= 0.3 is 0 Å². The summed E-state index contributed by atoms with van der Waals surface area (Å²) in [4.78, 5) is 8.51. The van der Waals surface area contributed by atoms with E-state index in [-0.39, 0.29) is 17.4 Å². The summed E-state index contributed by atoms with van der Waals surface area (Å²) < 4.78 is 28.1. The molecule has 0 amide bonds. The minimum absolute atomic E-state index is 0.120. The zero-order valence-electron chi connectivity index (χ0n) is 12.0. The van der Waals surface area contributed by atoms with E-state index in [1.807, 2.05) is 6.92 Å².